The van der Waals surface area contributed by atoms with E-state index in [0.29, 0.717) is 0 Å². The van der Waals surface area contributed by atoms with Crippen molar-refractivity contribution in [2.75, 3.05) is 24.6 Å². The van der Waals surface area contributed by atoms with E-state index in [1.807, 2.05) is 11.8 Å². The van der Waals surface area contributed by atoms with Crippen molar-refractivity contribution < 1.29 is 5.11 Å². The standard InChI is InChI=1S/C10H21NOS/c1-2-3-8-13-9-10(12)4-6-11-7-5-10/h11-12H,2-9H2,1H3. The summed E-state index contributed by atoms with van der Waals surface area (Å²) in [7, 11) is 0. The molecule has 1 heterocycles. The molecule has 0 aromatic heterocycles. The van der Waals surface area contributed by atoms with Gasteiger partial charge in [0.25, 0.3) is 0 Å². The van der Waals surface area contributed by atoms with E-state index in [1.165, 1.54) is 18.6 Å². The van der Waals surface area contributed by atoms with E-state index in [2.05, 4.69) is 12.2 Å². The van der Waals surface area contributed by atoms with E-state index in [4.69, 9.17) is 0 Å². The van der Waals surface area contributed by atoms with Gasteiger partial charge in [-0.1, -0.05) is 13.3 Å². The second kappa shape index (κ2) is 5.89. The summed E-state index contributed by atoms with van der Waals surface area (Å²) in [5.41, 5.74) is -0.371. The Morgan fingerprint density at radius 2 is 2.08 bits per heavy atom. The quantitative estimate of drug-likeness (QED) is 0.666. The summed E-state index contributed by atoms with van der Waals surface area (Å²) in [5, 5.41) is 13.4. The van der Waals surface area contributed by atoms with Gasteiger partial charge in [0, 0.05) is 5.75 Å². The van der Waals surface area contributed by atoms with Crippen LogP contribution in [-0.4, -0.2) is 35.3 Å². The molecule has 78 valence electrons. The van der Waals surface area contributed by atoms with E-state index in [1.54, 1.807) is 0 Å². The molecule has 0 bridgehead atoms. The van der Waals surface area contributed by atoms with Crippen molar-refractivity contribution in [3.05, 3.63) is 0 Å². The second-order valence-corrected chi connectivity index (χ2v) is 4.99. The molecule has 0 atom stereocenters. The summed E-state index contributed by atoms with van der Waals surface area (Å²) >= 11 is 1.91. The van der Waals surface area contributed by atoms with Gasteiger partial charge in [0.1, 0.15) is 0 Å². The topological polar surface area (TPSA) is 32.3 Å². The number of piperidine rings is 1. The molecule has 0 amide bonds. The van der Waals surface area contributed by atoms with Crippen molar-refractivity contribution >= 4 is 11.8 Å². The van der Waals surface area contributed by atoms with Gasteiger partial charge in [-0.25, -0.2) is 0 Å². The van der Waals surface area contributed by atoms with Gasteiger partial charge in [0.15, 0.2) is 0 Å². The van der Waals surface area contributed by atoms with Crippen LogP contribution in [0.25, 0.3) is 0 Å². The van der Waals surface area contributed by atoms with Crippen LogP contribution >= 0.6 is 11.8 Å². The van der Waals surface area contributed by atoms with E-state index < -0.39 is 0 Å². The maximum atomic E-state index is 10.1. The Balaban J connectivity index is 2.10. The first-order valence-electron chi connectivity index (χ1n) is 5.28. The summed E-state index contributed by atoms with van der Waals surface area (Å²) in [4.78, 5) is 0. The van der Waals surface area contributed by atoms with Gasteiger partial charge in [-0.15, -0.1) is 0 Å². The summed E-state index contributed by atoms with van der Waals surface area (Å²) in [6, 6.07) is 0. The van der Waals surface area contributed by atoms with Crippen LogP contribution in [0.2, 0.25) is 0 Å². The van der Waals surface area contributed by atoms with Gasteiger partial charge in [-0.3, -0.25) is 0 Å². The molecule has 0 aliphatic carbocycles. The van der Waals surface area contributed by atoms with Gasteiger partial charge in [0.2, 0.25) is 0 Å². The third-order valence-electron chi connectivity index (χ3n) is 2.55. The third kappa shape index (κ3) is 4.34. The molecule has 1 fully saturated rings. The average molecular weight is 203 g/mol. The van der Waals surface area contributed by atoms with Crippen molar-refractivity contribution in [3.63, 3.8) is 0 Å². The zero-order valence-electron chi connectivity index (χ0n) is 8.51. The van der Waals surface area contributed by atoms with E-state index >= 15 is 0 Å². The summed E-state index contributed by atoms with van der Waals surface area (Å²) < 4.78 is 0. The van der Waals surface area contributed by atoms with Crippen LogP contribution in [0.3, 0.4) is 0 Å². The Kier molecular flexibility index (Phi) is 5.14. The molecule has 0 radical (unpaired) electrons. The minimum atomic E-state index is -0.371. The van der Waals surface area contributed by atoms with E-state index in [0.717, 1.165) is 31.7 Å². The zero-order chi connectivity index (χ0) is 9.57. The smallest absolute Gasteiger partial charge is 0.0761 e. The average Bonchev–Trinajstić information content (AvgIpc) is 2.14. The van der Waals surface area contributed by atoms with Crippen LogP contribution in [0.1, 0.15) is 32.6 Å². The van der Waals surface area contributed by atoms with Crippen LogP contribution in [0.15, 0.2) is 0 Å². The van der Waals surface area contributed by atoms with Gasteiger partial charge in [-0.05, 0) is 38.1 Å². The number of unbranched alkanes of at least 4 members (excludes halogenated alkanes) is 1. The number of thioether (sulfide) groups is 1. The molecule has 0 aromatic carbocycles. The summed E-state index contributed by atoms with van der Waals surface area (Å²) in [6.45, 7) is 4.16. The first-order chi connectivity index (χ1) is 6.27. The van der Waals surface area contributed by atoms with Crippen molar-refractivity contribution in [1.29, 1.82) is 0 Å². The van der Waals surface area contributed by atoms with Crippen molar-refractivity contribution in [2.24, 2.45) is 0 Å². The molecule has 0 spiro atoms. The van der Waals surface area contributed by atoms with Crippen molar-refractivity contribution in [2.45, 2.75) is 38.2 Å². The normalized spacial score (nSPS) is 21.7. The molecular formula is C10H21NOS. The molecule has 1 rings (SSSR count). The second-order valence-electron chi connectivity index (χ2n) is 3.88. The highest BCUT2D eigenvalue weighted by Crippen LogP contribution is 2.23. The molecule has 0 saturated carbocycles. The largest absolute Gasteiger partial charge is 0.389 e. The molecule has 0 unspecified atom stereocenters. The molecule has 2 N–H and O–H groups in total. The molecule has 1 saturated heterocycles. The Labute approximate surface area is 85.5 Å². The number of nitrogens with one attached hydrogen (secondary N) is 1. The van der Waals surface area contributed by atoms with E-state index in [9.17, 15) is 5.11 Å². The van der Waals surface area contributed by atoms with Gasteiger partial charge in [0.05, 0.1) is 5.60 Å². The predicted octanol–water partition coefficient (Wildman–Crippen LogP) is 1.63. The fourth-order valence-electron chi connectivity index (χ4n) is 1.55. The summed E-state index contributed by atoms with van der Waals surface area (Å²) in [6.07, 6.45) is 4.38. The molecular weight excluding hydrogens is 182 g/mol. The molecule has 1 aliphatic heterocycles. The lowest BCUT2D eigenvalue weighted by atomic mass is 9.95. The Morgan fingerprint density at radius 3 is 2.69 bits per heavy atom. The molecule has 2 nitrogen and oxygen atoms in total. The van der Waals surface area contributed by atoms with Gasteiger partial charge in [-0.2, -0.15) is 11.8 Å². The van der Waals surface area contributed by atoms with Crippen LogP contribution in [0.5, 0.6) is 0 Å². The fraction of sp³-hybridized carbons (Fsp3) is 1.00. The first kappa shape index (κ1) is 11.3. The number of hydrogen-bond donors (Lipinski definition) is 2. The zero-order valence-corrected chi connectivity index (χ0v) is 9.33. The maximum absolute atomic E-state index is 10.1. The van der Waals surface area contributed by atoms with Crippen molar-refractivity contribution in [3.8, 4) is 0 Å². The molecule has 3 heteroatoms. The lowest BCUT2D eigenvalue weighted by molar-refractivity contribution is 0.0339. The first-order valence-corrected chi connectivity index (χ1v) is 6.43. The number of aliphatic hydroxyl groups is 1. The fourth-order valence-corrected chi connectivity index (χ4v) is 2.85. The highest BCUT2D eigenvalue weighted by Gasteiger charge is 2.28. The van der Waals surface area contributed by atoms with Crippen LogP contribution in [0.4, 0.5) is 0 Å². The number of rotatable bonds is 5. The van der Waals surface area contributed by atoms with E-state index in [-0.39, 0.29) is 5.60 Å². The highest BCUT2D eigenvalue weighted by atomic mass is 32.2. The molecule has 0 aromatic rings. The highest BCUT2D eigenvalue weighted by molar-refractivity contribution is 7.99. The predicted molar refractivity (Wildman–Crippen MR) is 59.3 cm³/mol. The lowest BCUT2D eigenvalue weighted by Gasteiger charge is -2.32. The summed E-state index contributed by atoms with van der Waals surface area (Å²) in [5.74, 6) is 2.13. The Morgan fingerprint density at radius 1 is 1.38 bits per heavy atom. The lowest BCUT2D eigenvalue weighted by Crippen LogP contribution is -2.43. The van der Waals surface area contributed by atoms with Gasteiger partial charge >= 0.3 is 0 Å². The van der Waals surface area contributed by atoms with Crippen LogP contribution in [-0.2, 0) is 0 Å². The van der Waals surface area contributed by atoms with Gasteiger partial charge < -0.3 is 10.4 Å². The third-order valence-corrected chi connectivity index (χ3v) is 3.87. The van der Waals surface area contributed by atoms with Crippen LogP contribution < -0.4 is 5.32 Å². The SMILES string of the molecule is CCCCSCC1(O)CCNCC1. The minimum absolute atomic E-state index is 0.371. The monoisotopic (exact) mass is 203 g/mol. The number of hydrogen-bond acceptors (Lipinski definition) is 3. The molecule has 1 aliphatic rings. The van der Waals surface area contributed by atoms with Crippen LogP contribution in [0, 0.1) is 0 Å². The Hall–Kier alpha value is 0.270. The minimum Gasteiger partial charge on any atom is -0.389 e. The van der Waals surface area contributed by atoms with Crippen molar-refractivity contribution in [1.82, 2.24) is 5.32 Å². The maximum Gasteiger partial charge on any atom is 0.0761 e. The molecule has 13 heavy (non-hydrogen) atoms. The Bertz CT molecular complexity index is 135.